The molecule has 0 aromatic carbocycles. The molecule has 5 fully saturated rings. The zero-order valence-corrected chi connectivity index (χ0v) is 17.4. The maximum Gasteiger partial charge on any atom is 0.123 e. The van der Waals surface area contributed by atoms with E-state index in [2.05, 4.69) is 45.8 Å². The predicted octanol–water partition coefficient (Wildman–Crippen LogP) is 5.68. The molecule has 5 saturated carbocycles. The Labute approximate surface area is 145 Å². The van der Waals surface area contributed by atoms with Crippen molar-refractivity contribution < 1.29 is 0 Å². The van der Waals surface area contributed by atoms with Crippen LogP contribution in [0.15, 0.2) is 0 Å². The zero-order chi connectivity index (χ0) is 16.6. The molecule has 0 radical (unpaired) electrons. The van der Waals surface area contributed by atoms with E-state index in [0.717, 1.165) is 47.0 Å². The second kappa shape index (κ2) is 5.33. The topological polar surface area (TPSA) is 12.0 Å². The second-order valence-electron chi connectivity index (χ2n) is 11.0. The molecule has 0 aromatic rings. The first-order chi connectivity index (χ1) is 10.7. The fourth-order valence-electron chi connectivity index (χ4n) is 8.44. The zero-order valence-electron chi connectivity index (χ0n) is 16.4. The molecule has 0 aromatic heterocycles. The number of hydrogen-bond donors (Lipinski definition) is 1. The fraction of sp³-hybridized carbons (Fsp3) is 1.00. The molecule has 4 unspecified atom stereocenters. The number of nitrogens with one attached hydrogen (secondary N) is 1. The molecule has 0 saturated heterocycles. The van der Waals surface area contributed by atoms with E-state index in [-0.39, 0.29) is 0 Å². The number of hydrogen-bond acceptors (Lipinski definition) is 1. The van der Waals surface area contributed by atoms with Crippen LogP contribution in [0.25, 0.3) is 0 Å². The van der Waals surface area contributed by atoms with Crippen molar-refractivity contribution in [2.75, 3.05) is 0 Å². The van der Waals surface area contributed by atoms with Gasteiger partial charge in [-0.1, -0.05) is 40.8 Å². The van der Waals surface area contributed by atoms with Gasteiger partial charge in [0.1, 0.15) is 8.24 Å². The Hall–Kier alpha value is 0.177. The number of rotatable bonds is 3. The normalized spacial score (nSPS) is 55.6. The predicted molar refractivity (Wildman–Crippen MR) is 102 cm³/mol. The summed E-state index contributed by atoms with van der Waals surface area (Å²) in [5.74, 6) is 6.81. The van der Waals surface area contributed by atoms with E-state index in [1.807, 2.05) is 0 Å². The van der Waals surface area contributed by atoms with Gasteiger partial charge in [0.2, 0.25) is 0 Å². The molecular weight excluding hydrogens is 294 g/mol. The Bertz CT molecular complexity index is 421. The second-order valence-corrected chi connectivity index (χ2v) is 15.4. The average Bonchev–Trinajstić information content (AvgIpc) is 2.60. The van der Waals surface area contributed by atoms with Crippen molar-refractivity contribution in [3.63, 3.8) is 0 Å². The highest BCUT2D eigenvalue weighted by Crippen LogP contribution is 2.58. The smallest absolute Gasteiger partial charge is 0.123 e. The molecule has 0 spiro atoms. The Kier molecular flexibility index (Phi) is 3.86. The van der Waals surface area contributed by atoms with Crippen LogP contribution in [-0.4, -0.2) is 13.8 Å². The lowest BCUT2D eigenvalue weighted by molar-refractivity contribution is -0.0101. The van der Waals surface area contributed by atoms with E-state index in [1.54, 1.807) is 19.3 Å². The molecule has 132 valence electrons. The molecule has 5 aliphatic rings. The van der Waals surface area contributed by atoms with E-state index in [9.17, 15) is 0 Å². The molecule has 4 bridgehead atoms. The first kappa shape index (κ1) is 16.6. The van der Waals surface area contributed by atoms with Crippen molar-refractivity contribution in [1.29, 1.82) is 0 Å². The van der Waals surface area contributed by atoms with Gasteiger partial charge in [0.15, 0.2) is 0 Å². The third-order valence-electron chi connectivity index (χ3n) is 9.08. The summed E-state index contributed by atoms with van der Waals surface area (Å²) in [5.41, 5.74) is 1.51. The summed E-state index contributed by atoms with van der Waals surface area (Å²) in [5, 5.41) is 0. The molecule has 23 heavy (non-hydrogen) atoms. The SMILES string of the molecule is CC1C(C)C(C)C([Si](C)(C)NC23CC4CC(CC(C4)C2)C3)C1C. The molecule has 0 aliphatic heterocycles. The monoisotopic (exact) mass is 333 g/mol. The van der Waals surface area contributed by atoms with Gasteiger partial charge in [0.25, 0.3) is 0 Å². The summed E-state index contributed by atoms with van der Waals surface area (Å²) in [4.78, 5) is 4.48. The van der Waals surface area contributed by atoms with Gasteiger partial charge in [-0.15, -0.1) is 0 Å². The van der Waals surface area contributed by atoms with Crippen LogP contribution in [-0.2, 0) is 0 Å². The quantitative estimate of drug-likeness (QED) is 0.655. The largest absolute Gasteiger partial charge is 0.332 e. The minimum atomic E-state index is -1.42. The standard InChI is InChI=1S/C21H39NSi/c1-13-14(2)16(4)20(15(13)3)23(5,6)22-21-10-17-7-18(11-21)9-19(8-17)12-21/h13-20,22H,7-12H2,1-6H3. The lowest BCUT2D eigenvalue weighted by Crippen LogP contribution is -2.67. The Balaban J connectivity index is 1.56. The summed E-state index contributed by atoms with van der Waals surface area (Å²) < 4.78 is 0. The van der Waals surface area contributed by atoms with Gasteiger partial charge in [0, 0.05) is 5.54 Å². The van der Waals surface area contributed by atoms with E-state index in [1.165, 1.54) is 19.3 Å². The molecule has 1 nitrogen and oxygen atoms in total. The van der Waals surface area contributed by atoms with Gasteiger partial charge in [-0.25, -0.2) is 0 Å². The van der Waals surface area contributed by atoms with E-state index >= 15 is 0 Å². The summed E-state index contributed by atoms with van der Waals surface area (Å²) in [6.07, 6.45) is 9.22. The highest BCUT2D eigenvalue weighted by atomic mass is 28.3. The summed E-state index contributed by atoms with van der Waals surface area (Å²) >= 11 is 0. The Morgan fingerprint density at radius 2 is 1.09 bits per heavy atom. The first-order valence-electron chi connectivity index (χ1n) is 10.5. The van der Waals surface area contributed by atoms with Crippen LogP contribution in [0.5, 0.6) is 0 Å². The van der Waals surface area contributed by atoms with Crippen molar-refractivity contribution in [2.45, 2.75) is 90.4 Å². The van der Waals surface area contributed by atoms with Crippen LogP contribution in [0.4, 0.5) is 0 Å². The lowest BCUT2D eigenvalue weighted by Gasteiger charge is -2.60. The third kappa shape index (κ3) is 2.58. The van der Waals surface area contributed by atoms with Gasteiger partial charge in [0.05, 0.1) is 0 Å². The summed E-state index contributed by atoms with van der Waals surface area (Å²) in [7, 11) is -1.42. The highest BCUT2D eigenvalue weighted by molar-refractivity contribution is 6.76. The maximum absolute atomic E-state index is 4.48. The van der Waals surface area contributed by atoms with Crippen LogP contribution >= 0.6 is 0 Å². The minimum Gasteiger partial charge on any atom is -0.332 e. The van der Waals surface area contributed by atoms with E-state index < -0.39 is 8.24 Å². The molecular formula is C21H39NSi. The Morgan fingerprint density at radius 1 is 0.696 bits per heavy atom. The van der Waals surface area contributed by atoms with Gasteiger partial charge in [-0.3, -0.25) is 0 Å². The van der Waals surface area contributed by atoms with Crippen LogP contribution in [0.3, 0.4) is 0 Å². The molecule has 4 atom stereocenters. The van der Waals surface area contributed by atoms with Crippen LogP contribution in [0, 0.1) is 41.4 Å². The van der Waals surface area contributed by atoms with Crippen molar-refractivity contribution >= 4 is 8.24 Å². The minimum absolute atomic E-state index is 0.555. The van der Waals surface area contributed by atoms with Crippen LogP contribution in [0.2, 0.25) is 18.6 Å². The van der Waals surface area contributed by atoms with Crippen molar-refractivity contribution in [1.82, 2.24) is 4.98 Å². The molecule has 5 rings (SSSR count). The molecule has 1 N–H and O–H groups in total. The van der Waals surface area contributed by atoms with Gasteiger partial charge in [-0.05, 0) is 85.5 Å². The Morgan fingerprint density at radius 3 is 1.48 bits per heavy atom. The van der Waals surface area contributed by atoms with Gasteiger partial charge >= 0.3 is 0 Å². The maximum atomic E-state index is 4.48. The van der Waals surface area contributed by atoms with Crippen molar-refractivity contribution in [3.8, 4) is 0 Å². The van der Waals surface area contributed by atoms with Gasteiger partial charge < -0.3 is 4.98 Å². The molecule has 0 amide bonds. The molecule has 2 heteroatoms. The molecule has 0 heterocycles. The highest BCUT2D eigenvalue weighted by Gasteiger charge is 2.56. The van der Waals surface area contributed by atoms with E-state index in [0.29, 0.717) is 5.54 Å². The summed E-state index contributed by atoms with van der Waals surface area (Å²) in [6.45, 7) is 15.5. The van der Waals surface area contributed by atoms with E-state index in [4.69, 9.17) is 0 Å². The van der Waals surface area contributed by atoms with Crippen LogP contribution in [0.1, 0.15) is 66.2 Å². The molecule has 5 aliphatic carbocycles. The van der Waals surface area contributed by atoms with Crippen molar-refractivity contribution in [2.24, 2.45) is 41.4 Å². The lowest BCUT2D eigenvalue weighted by atomic mass is 9.53. The first-order valence-corrected chi connectivity index (χ1v) is 13.6. The fourth-order valence-corrected chi connectivity index (χ4v) is 13.5. The average molecular weight is 334 g/mol. The third-order valence-corrected chi connectivity index (χ3v) is 13.0. The van der Waals surface area contributed by atoms with Gasteiger partial charge in [-0.2, -0.15) is 0 Å². The summed E-state index contributed by atoms with van der Waals surface area (Å²) in [6, 6.07) is 0. The van der Waals surface area contributed by atoms with Crippen LogP contribution < -0.4 is 4.98 Å². The van der Waals surface area contributed by atoms with Crippen molar-refractivity contribution in [3.05, 3.63) is 0 Å².